The molecule has 0 radical (unpaired) electrons. The van der Waals surface area contributed by atoms with Gasteiger partial charge < -0.3 is 10.0 Å². The van der Waals surface area contributed by atoms with Crippen LogP contribution in [-0.4, -0.2) is 47.0 Å². The highest BCUT2D eigenvalue weighted by Gasteiger charge is 2.59. The number of halogens is 4. The summed E-state index contributed by atoms with van der Waals surface area (Å²) in [4.78, 5) is 11.6. The highest BCUT2D eigenvalue weighted by atomic mass is 19.3. The molecular weight excluding hydrogens is 230 g/mol. The summed E-state index contributed by atoms with van der Waals surface area (Å²) < 4.78 is 49.1. The van der Waals surface area contributed by atoms with Crippen LogP contribution in [0.2, 0.25) is 0 Å². The highest BCUT2D eigenvalue weighted by molar-refractivity contribution is 5.85. The van der Waals surface area contributed by atoms with E-state index < -0.39 is 23.9 Å². The minimum absolute atomic E-state index is 0.0247. The Morgan fingerprint density at radius 1 is 1.38 bits per heavy atom. The van der Waals surface area contributed by atoms with Gasteiger partial charge in [0, 0.05) is 0 Å². The van der Waals surface area contributed by atoms with Crippen LogP contribution in [0.5, 0.6) is 0 Å². The fourth-order valence-electron chi connectivity index (χ4n) is 1.94. The van der Waals surface area contributed by atoms with E-state index in [-0.39, 0.29) is 19.0 Å². The normalized spacial score (nSPS) is 24.5. The van der Waals surface area contributed by atoms with Gasteiger partial charge in [-0.15, -0.1) is 0 Å². The van der Waals surface area contributed by atoms with Gasteiger partial charge in [0.2, 0.25) is 0 Å². The first kappa shape index (κ1) is 11.6. The SMILES string of the molecule is O=C(N1CC(O)(C2CC2)C1)C(F)(F)C(F)F. The van der Waals surface area contributed by atoms with Gasteiger partial charge in [0.25, 0.3) is 5.91 Å². The van der Waals surface area contributed by atoms with Gasteiger partial charge in [0.05, 0.1) is 13.1 Å². The van der Waals surface area contributed by atoms with Gasteiger partial charge in [-0.2, -0.15) is 8.78 Å². The largest absolute Gasteiger partial charge is 0.386 e. The van der Waals surface area contributed by atoms with Gasteiger partial charge in [-0.25, -0.2) is 8.78 Å². The predicted molar refractivity (Wildman–Crippen MR) is 45.2 cm³/mol. The molecule has 1 aliphatic carbocycles. The zero-order valence-corrected chi connectivity index (χ0v) is 8.30. The lowest BCUT2D eigenvalue weighted by atomic mass is 9.88. The molecule has 0 aromatic rings. The van der Waals surface area contributed by atoms with Crippen molar-refractivity contribution in [2.75, 3.05) is 13.1 Å². The average molecular weight is 241 g/mol. The van der Waals surface area contributed by atoms with Crippen molar-refractivity contribution in [3.8, 4) is 0 Å². The van der Waals surface area contributed by atoms with E-state index in [1.165, 1.54) is 0 Å². The molecule has 1 N–H and O–H groups in total. The molecule has 0 bridgehead atoms. The van der Waals surface area contributed by atoms with Gasteiger partial charge in [-0.1, -0.05) is 0 Å². The maximum Gasteiger partial charge on any atom is 0.383 e. The van der Waals surface area contributed by atoms with Gasteiger partial charge in [0.1, 0.15) is 5.60 Å². The summed E-state index contributed by atoms with van der Waals surface area (Å²) >= 11 is 0. The van der Waals surface area contributed by atoms with Crippen molar-refractivity contribution in [2.45, 2.75) is 30.8 Å². The van der Waals surface area contributed by atoms with Crippen molar-refractivity contribution in [3.63, 3.8) is 0 Å². The number of hydrogen-bond donors (Lipinski definition) is 1. The van der Waals surface area contributed by atoms with E-state index in [0.29, 0.717) is 4.90 Å². The lowest BCUT2D eigenvalue weighted by molar-refractivity contribution is -0.200. The third-order valence-electron chi connectivity index (χ3n) is 3.11. The Bertz CT molecular complexity index is 311. The first-order valence-corrected chi connectivity index (χ1v) is 4.95. The van der Waals surface area contributed by atoms with Crippen molar-refractivity contribution in [1.29, 1.82) is 0 Å². The van der Waals surface area contributed by atoms with Crippen molar-refractivity contribution >= 4 is 5.91 Å². The number of aliphatic hydroxyl groups is 1. The Labute approximate surface area is 89.0 Å². The summed E-state index contributed by atoms with van der Waals surface area (Å²) in [6.07, 6.45) is -2.41. The van der Waals surface area contributed by atoms with E-state index in [4.69, 9.17) is 0 Å². The van der Waals surface area contributed by atoms with Crippen LogP contribution in [-0.2, 0) is 4.79 Å². The van der Waals surface area contributed by atoms with E-state index in [9.17, 15) is 27.5 Å². The molecule has 16 heavy (non-hydrogen) atoms. The van der Waals surface area contributed by atoms with Crippen LogP contribution >= 0.6 is 0 Å². The smallest absolute Gasteiger partial charge is 0.383 e. The molecule has 0 aromatic heterocycles. The molecule has 0 atom stereocenters. The topological polar surface area (TPSA) is 40.5 Å². The van der Waals surface area contributed by atoms with Crippen molar-refractivity contribution < 1.29 is 27.5 Å². The number of β-amino-alcohol motifs (C(OH)–C–C–N with tert-alkyl or cyclic N) is 1. The fourth-order valence-corrected chi connectivity index (χ4v) is 1.94. The van der Waals surface area contributed by atoms with E-state index in [2.05, 4.69) is 0 Å². The Hall–Kier alpha value is -0.850. The van der Waals surface area contributed by atoms with Crippen LogP contribution in [0.4, 0.5) is 17.6 Å². The summed E-state index contributed by atoms with van der Waals surface area (Å²) in [6.45, 7) is -0.530. The highest BCUT2D eigenvalue weighted by Crippen LogP contribution is 2.45. The first-order valence-electron chi connectivity index (χ1n) is 4.95. The Kier molecular flexibility index (Phi) is 2.41. The van der Waals surface area contributed by atoms with E-state index in [1.54, 1.807) is 0 Å². The first-order chi connectivity index (χ1) is 7.27. The Morgan fingerprint density at radius 3 is 2.25 bits per heavy atom. The Morgan fingerprint density at radius 2 is 1.88 bits per heavy atom. The third-order valence-corrected chi connectivity index (χ3v) is 3.11. The Balaban J connectivity index is 1.94. The zero-order valence-electron chi connectivity index (χ0n) is 8.30. The number of alkyl halides is 4. The molecule has 7 heteroatoms. The van der Waals surface area contributed by atoms with Gasteiger partial charge in [0.15, 0.2) is 0 Å². The summed E-state index contributed by atoms with van der Waals surface area (Å²) in [5, 5.41) is 9.75. The van der Waals surface area contributed by atoms with Gasteiger partial charge in [-0.05, 0) is 18.8 Å². The average Bonchev–Trinajstić information content (AvgIpc) is 2.94. The minimum atomic E-state index is -4.65. The molecule has 1 amide bonds. The number of amides is 1. The molecule has 2 aliphatic rings. The molecule has 0 spiro atoms. The summed E-state index contributed by atoms with van der Waals surface area (Å²) in [5.41, 5.74) is -1.13. The number of carbonyl (C=O) groups is 1. The fraction of sp³-hybridized carbons (Fsp3) is 0.889. The maximum atomic E-state index is 12.7. The molecule has 0 aromatic carbocycles. The lowest BCUT2D eigenvalue weighted by Gasteiger charge is -2.47. The van der Waals surface area contributed by atoms with Crippen LogP contribution in [0, 0.1) is 5.92 Å². The van der Waals surface area contributed by atoms with Crippen molar-refractivity contribution in [2.24, 2.45) is 5.92 Å². The van der Waals surface area contributed by atoms with E-state index in [0.717, 1.165) is 12.8 Å². The molecule has 0 unspecified atom stereocenters. The van der Waals surface area contributed by atoms with E-state index >= 15 is 0 Å². The molecule has 1 aliphatic heterocycles. The summed E-state index contributed by atoms with van der Waals surface area (Å²) in [5.74, 6) is -6.52. The molecule has 3 nitrogen and oxygen atoms in total. The number of likely N-dealkylation sites (tertiary alicyclic amines) is 1. The molecule has 2 rings (SSSR count). The van der Waals surface area contributed by atoms with Crippen LogP contribution in [0.1, 0.15) is 12.8 Å². The van der Waals surface area contributed by atoms with Crippen LogP contribution in [0.15, 0.2) is 0 Å². The summed E-state index contributed by atoms with van der Waals surface area (Å²) in [7, 11) is 0. The second kappa shape index (κ2) is 3.32. The summed E-state index contributed by atoms with van der Waals surface area (Å²) in [6, 6.07) is 0. The van der Waals surface area contributed by atoms with Crippen molar-refractivity contribution in [1.82, 2.24) is 4.90 Å². The van der Waals surface area contributed by atoms with E-state index in [1.807, 2.05) is 0 Å². The van der Waals surface area contributed by atoms with Crippen LogP contribution in [0.25, 0.3) is 0 Å². The predicted octanol–water partition coefficient (Wildman–Crippen LogP) is 0.870. The molecule has 92 valence electrons. The maximum absolute atomic E-state index is 12.7. The number of rotatable bonds is 3. The molecular formula is C9H11F4NO2. The standard InChI is InChI=1S/C9H11F4NO2/c10-6(11)9(12,13)7(15)14-3-8(16,4-14)5-1-2-5/h5-6,16H,1-4H2. The molecule has 1 saturated carbocycles. The lowest BCUT2D eigenvalue weighted by Crippen LogP contribution is -2.67. The van der Waals surface area contributed by atoms with Crippen LogP contribution < -0.4 is 0 Å². The molecule has 1 saturated heterocycles. The van der Waals surface area contributed by atoms with Gasteiger partial charge >= 0.3 is 12.3 Å². The third kappa shape index (κ3) is 1.66. The van der Waals surface area contributed by atoms with Gasteiger partial charge in [-0.3, -0.25) is 4.79 Å². The second-order valence-corrected chi connectivity index (χ2v) is 4.46. The number of carbonyl (C=O) groups excluding carboxylic acids is 1. The molecule has 1 heterocycles. The quantitative estimate of drug-likeness (QED) is 0.745. The van der Waals surface area contributed by atoms with Crippen molar-refractivity contribution in [3.05, 3.63) is 0 Å². The second-order valence-electron chi connectivity index (χ2n) is 4.46. The monoisotopic (exact) mass is 241 g/mol. The molecule has 2 fully saturated rings. The number of nitrogens with zero attached hydrogens (tertiary/aromatic N) is 1. The zero-order chi connectivity index (χ0) is 12.1. The minimum Gasteiger partial charge on any atom is -0.386 e. The number of hydrogen-bond acceptors (Lipinski definition) is 2. The van der Waals surface area contributed by atoms with Crippen LogP contribution in [0.3, 0.4) is 0 Å².